The van der Waals surface area contributed by atoms with Gasteiger partial charge in [0, 0.05) is 28.8 Å². The summed E-state index contributed by atoms with van der Waals surface area (Å²) < 4.78 is 16.1. The number of nitrogens with zero attached hydrogens (tertiary/aromatic N) is 3. The Morgan fingerprint density at radius 3 is 3.05 bits per heavy atom. The number of aromatic nitrogens is 3. The second-order valence-corrected chi connectivity index (χ2v) is 4.95. The van der Waals surface area contributed by atoms with E-state index in [1.54, 1.807) is 28.9 Å². The van der Waals surface area contributed by atoms with E-state index in [9.17, 15) is 4.39 Å². The summed E-state index contributed by atoms with van der Waals surface area (Å²) in [5.74, 6) is 0.452. The van der Waals surface area contributed by atoms with E-state index >= 15 is 0 Å². The van der Waals surface area contributed by atoms with Crippen molar-refractivity contribution in [3.05, 3.63) is 58.6 Å². The maximum atomic E-state index is 13.6. The summed E-state index contributed by atoms with van der Waals surface area (Å²) in [5, 5.41) is 7.16. The molecule has 19 heavy (non-hydrogen) atoms. The number of nitrogens with one attached hydrogen (secondary N) is 1. The molecule has 3 aromatic rings. The lowest BCUT2D eigenvalue weighted by molar-refractivity contribution is 0.612. The van der Waals surface area contributed by atoms with Gasteiger partial charge >= 0.3 is 0 Å². The zero-order chi connectivity index (χ0) is 13.2. The molecule has 0 amide bonds. The minimum Gasteiger partial charge on any atom is -0.366 e. The maximum Gasteiger partial charge on any atom is 0.157 e. The molecule has 6 heteroatoms. The predicted molar refractivity (Wildman–Crippen MR) is 74.4 cm³/mol. The quantitative estimate of drug-likeness (QED) is 0.805. The van der Waals surface area contributed by atoms with Crippen LogP contribution in [0.5, 0.6) is 0 Å². The molecule has 0 saturated carbocycles. The van der Waals surface area contributed by atoms with Crippen LogP contribution >= 0.6 is 15.9 Å². The first kappa shape index (κ1) is 12.1. The van der Waals surface area contributed by atoms with E-state index in [4.69, 9.17) is 0 Å². The standard InChI is InChI=1S/C13H10BrFN4/c14-10-1-2-11(15)9(7-10)8-16-12-4-6-19-13(18-12)3-5-17-19/h1-7H,8H2,(H,16,18). The fraction of sp³-hybridized carbons (Fsp3) is 0.0769. The van der Waals surface area contributed by atoms with E-state index in [0.717, 1.165) is 10.1 Å². The molecule has 0 unspecified atom stereocenters. The average Bonchev–Trinajstić information content (AvgIpc) is 2.87. The maximum absolute atomic E-state index is 13.6. The smallest absolute Gasteiger partial charge is 0.157 e. The lowest BCUT2D eigenvalue weighted by Crippen LogP contribution is -2.04. The first-order chi connectivity index (χ1) is 9.22. The van der Waals surface area contributed by atoms with Crippen LogP contribution in [0.3, 0.4) is 0 Å². The highest BCUT2D eigenvalue weighted by atomic mass is 79.9. The van der Waals surface area contributed by atoms with Crippen molar-refractivity contribution in [3.63, 3.8) is 0 Å². The Morgan fingerprint density at radius 1 is 1.26 bits per heavy atom. The van der Waals surface area contributed by atoms with E-state index < -0.39 is 0 Å². The summed E-state index contributed by atoms with van der Waals surface area (Å²) in [4.78, 5) is 4.36. The lowest BCUT2D eigenvalue weighted by atomic mass is 10.2. The van der Waals surface area contributed by atoms with Crippen LogP contribution in [0.4, 0.5) is 10.2 Å². The molecule has 96 valence electrons. The van der Waals surface area contributed by atoms with Crippen molar-refractivity contribution in [2.24, 2.45) is 0 Å². The molecule has 0 atom stereocenters. The van der Waals surface area contributed by atoms with Gasteiger partial charge in [0.15, 0.2) is 5.65 Å². The van der Waals surface area contributed by atoms with E-state index in [-0.39, 0.29) is 5.82 Å². The molecular weight excluding hydrogens is 311 g/mol. The van der Waals surface area contributed by atoms with Crippen LogP contribution in [0.15, 0.2) is 47.2 Å². The van der Waals surface area contributed by atoms with Gasteiger partial charge in [0.1, 0.15) is 11.6 Å². The summed E-state index contributed by atoms with van der Waals surface area (Å²) in [5.41, 5.74) is 1.34. The van der Waals surface area contributed by atoms with Crippen LogP contribution in [0.25, 0.3) is 5.65 Å². The van der Waals surface area contributed by atoms with Gasteiger partial charge in [0.25, 0.3) is 0 Å². The molecule has 2 heterocycles. The van der Waals surface area contributed by atoms with Gasteiger partial charge in [-0.1, -0.05) is 15.9 Å². The van der Waals surface area contributed by atoms with E-state index in [2.05, 4.69) is 31.3 Å². The molecule has 0 fully saturated rings. The van der Waals surface area contributed by atoms with Gasteiger partial charge in [0.2, 0.25) is 0 Å². The molecule has 0 saturated heterocycles. The fourth-order valence-electron chi connectivity index (χ4n) is 1.78. The van der Waals surface area contributed by atoms with E-state index in [1.165, 1.54) is 6.07 Å². The normalized spacial score (nSPS) is 10.8. The summed E-state index contributed by atoms with van der Waals surface area (Å²) >= 11 is 3.33. The van der Waals surface area contributed by atoms with Gasteiger partial charge in [0.05, 0.1) is 6.20 Å². The number of hydrogen-bond donors (Lipinski definition) is 1. The van der Waals surface area contributed by atoms with Crippen molar-refractivity contribution in [3.8, 4) is 0 Å². The SMILES string of the molecule is Fc1ccc(Br)cc1CNc1ccn2nccc2n1. The molecule has 0 spiro atoms. The molecule has 4 nitrogen and oxygen atoms in total. The summed E-state index contributed by atoms with van der Waals surface area (Å²) in [6.45, 7) is 0.378. The summed E-state index contributed by atoms with van der Waals surface area (Å²) in [6, 6.07) is 8.48. The van der Waals surface area contributed by atoms with Crippen LogP contribution in [0.1, 0.15) is 5.56 Å². The minimum atomic E-state index is -0.235. The second-order valence-electron chi connectivity index (χ2n) is 4.04. The molecular formula is C13H10BrFN4. The Kier molecular flexibility index (Phi) is 3.16. The minimum absolute atomic E-state index is 0.235. The summed E-state index contributed by atoms with van der Waals surface area (Å²) in [7, 11) is 0. The molecule has 0 aliphatic heterocycles. The molecule has 3 rings (SSSR count). The predicted octanol–water partition coefficient (Wildman–Crippen LogP) is 3.24. The second kappa shape index (κ2) is 4.97. The molecule has 2 aromatic heterocycles. The number of halogens is 2. The van der Waals surface area contributed by atoms with Crippen LogP contribution in [-0.4, -0.2) is 14.6 Å². The van der Waals surface area contributed by atoms with Gasteiger partial charge in [-0.2, -0.15) is 5.10 Å². The van der Waals surface area contributed by atoms with Gasteiger partial charge in [-0.25, -0.2) is 13.9 Å². The zero-order valence-electron chi connectivity index (χ0n) is 9.85. The number of hydrogen-bond acceptors (Lipinski definition) is 3. The van der Waals surface area contributed by atoms with E-state index in [1.807, 2.05) is 12.3 Å². The largest absolute Gasteiger partial charge is 0.366 e. The number of rotatable bonds is 3. The Morgan fingerprint density at radius 2 is 2.16 bits per heavy atom. The van der Waals surface area contributed by atoms with Crippen LogP contribution in [0.2, 0.25) is 0 Å². The monoisotopic (exact) mass is 320 g/mol. The Bertz CT molecular complexity index is 725. The van der Waals surface area contributed by atoms with E-state index in [0.29, 0.717) is 17.9 Å². The Hall–Kier alpha value is -1.95. The van der Waals surface area contributed by atoms with Crippen molar-refractivity contribution in [2.75, 3.05) is 5.32 Å². The molecule has 0 radical (unpaired) electrons. The molecule has 0 aliphatic rings. The van der Waals surface area contributed by atoms with Gasteiger partial charge in [-0.15, -0.1) is 0 Å². The highest BCUT2D eigenvalue weighted by Crippen LogP contribution is 2.16. The van der Waals surface area contributed by atoms with Crippen molar-refractivity contribution in [1.82, 2.24) is 14.6 Å². The first-order valence-corrected chi connectivity index (χ1v) is 6.50. The van der Waals surface area contributed by atoms with Crippen LogP contribution in [-0.2, 0) is 6.54 Å². The van der Waals surface area contributed by atoms with Crippen molar-refractivity contribution < 1.29 is 4.39 Å². The third kappa shape index (κ3) is 2.58. The molecule has 0 bridgehead atoms. The average molecular weight is 321 g/mol. The van der Waals surface area contributed by atoms with Crippen LogP contribution in [0, 0.1) is 5.82 Å². The number of fused-ring (bicyclic) bond motifs is 1. The molecule has 1 N–H and O–H groups in total. The third-order valence-electron chi connectivity index (χ3n) is 2.73. The summed E-state index contributed by atoms with van der Waals surface area (Å²) in [6.07, 6.45) is 3.49. The van der Waals surface area contributed by atoms with Gasteiger partial charge < -0.3 is 5.32 Å². The van der Waals surface area contributed by atoms with Crippen LogP contribution < -0.4 is 5.32 Å². The topological polar surface area (TPSA) is 42.2 Å². The first-order valence-electron chi connectivity index (χ1n) is 5.70. The zero-order valence-corrected chi connectivity index (χ0v) is 11.4. The lowest BCUT2D eigenvalue weighted by Gasteiger charge is -2.07. The highest BCUT2D eigenvalue weighted by Gasteiger charge is 2.04. The van der Waals surface area contributed by atoms with Crippen molar-refractivity contribution in [2.45, 2.75) is 6.54 Å². The Balaban J connectivity index is 1.79. The number of benzene rings is 1. The Labute approximate surface area is 117 Å². The number of anilines is 1. The van der Waals surface area contributed by atoms with Gasteiger partial charge in [-0.3, -0.25) is 0 Å². The highest BCUT2D eigenvalue weighted by molar-refractivity contribution is 9.10. The molecule has 0 aliphatic carbocycles. The third-order valence-corrected chi connectivity index (χ3v) is 3.22. The van der Waals surface area contributed by atoms with Gasteiger partial charge in [-0.05, 0) is 24.3 Å². The molecule has 1 aromatic carbocycles. The van der Waals surface area contributed by atoms with Crippen molar-refractivity contribution >= 4 is 27.4 Å². The van der Waals surface area contributed by atoms with Crippen molar-refractivity contribution in [1.29, 1.82) is 0 Å². The fourth-order valence-corrected chi connectivity index (χ4v) is 2.18.